The Labute approximate surface area is 127 Å². The largest absolute Gasteiger partial charge is 0.379 e. The van der Waals surface area contributed by atoms with E-state index < -0.39 is 0 Å². The van der Waals surface area contributed by atoms with Crippen molar-refractivity contribution in [3.05, 3.63) is 15.6 Å². The fraction of sp³-hybridized carbons (Fsp3) is 0.812. The van der Waals surface area contributed by atoms with Crippen LogP contribution in [0, 0.1) is 0 Å². The first-order chi connectivity index (χ1) is 9.26. The normalized spacial score (nSPS) is 18.4. The number of hydrogen-bond donors (Lipinski definition) is 1. The Kier molecular flexibility index (Phi) is 4.57. The van der Waals surface area contributed by atoms with Crippen LogP contribution in [0.1, 0.15) is 63.0 Å². The van der Waals surface area contributed by atoms with Gasteiger partial charge in [0.25, 0.3) is 0 Å². The van der Waals surface area contributed by atoms with Crippen molar-refractivity contribution in [1.29, 1.82) is 0 Å². The Bertz CT molecular complexity index is 446. The molecule has 1 aromatic rings. The number of aromatic nitrogens is 1. The minimum Gasteiger partial charge on any atom is -0.379 e. The lowest BCUT2D eigenvalue weighted by atomic mass is 9.87. The summed E-state index contributed by atoms with van der Waals surface area (Å²) in [6, 6.07) is 0.423. The molecule has 114 valence electrons. The summed E-state index contributed by atoms with van der Waals surface area (Å²) in [5.41, 5.74) is 1.05. The molecule has 1 atom stereocenters. The smallest absolute Gasteiger partial charge is 0.113 e. The van der Waals surface area contributed by atoms with Crippen LogP contribution in [0.25, 0.3) is 0 Å². The molecule has 1 heterocycles. The van der Waals surface area contributed by atoms with Crippen molar-refractivity contribution in [2.24, 2.45) is 0 Å². The summed E-state index contributed by atoms with van der Waals surface area (Å²) in [6.07, 6.45) is 4.54. The molecule has 2 rings (SSSR count). The van der Waals surface area contributed by atoms with Crippen molar-refractivity contribution in [2.75, 3.05) is 7.11 Å². The number of nitrogens with one attached hydrogen (secondary N) is 1. The van der Waals surface area contributed by atoms with Gasteiger partial charge in [0.15, 0.2) is 0 Å². The maximum atomic E-state index is 5.65. The SMILES string of the molecule is COC(C)(C)CC(C)(NC(C)C)c1nc2c(s1)CCC2. The number of ether oxygens (including phenoxy) is 1. The summed E-state index contributed by atoms with van der Waals surface area (Å²) in [4.78, 5) is 6.43. The maximum absolute atomic E-state index is 5.65. The number of fused-ring (bicyclic) bond motifs is 1. The molecular formula is C16H28N2OS. The number of aryl methyl sites for hydroxylation is 2. The second kappa shape index (κ2) is 5.74. The van der Waals surface area contributed by atoms with Gasteiger partial charge in [-0.25, -0.2) is 4.98 Å². The molecule has 0 bridgehead atoms. The number of hydrogen-bond acceptors (Lipinski definition) is 4. The van der Waals surface area contributed by atoms with Crippen LogP contribution < -0.4 is 5.32 Å². The van der Waals surface area contributed by atoms with Crippen molar-refractivity contribution < 1.29 is 4.74 Å². The highest BCUT2D eigenvalue weighted by atomic mass is 32.1. The Balaban J connectivity index is 2.30. The van der Waals surface area contributed by atoms with E-state index in [0.29, 0.717) is 6.04 Å². The Morgan fingerprint density at radius 1 is 1.30 bits per heavy atom. The monoisotopic (exact) mass is 296 g/mol. The molecule has 0 fully saturated rings. The topological polar surface area (TPSA) is 34.1 Å². The van der Waals surface area contributed by atoms with Crippen molar-refractivity contribution in [3.63, 3.8) is 0 Å². The van der Waals surface area contributed by atoms with Crippen LogP contribution in [0.15, 0.2) is 0 Å². The van der Waals surface area contributed by atoms with E-state index in [2.05, 4.69) is 39.9 Å². The molecule has 0 saturated carbocycles. The minimum absolute atomic E-state index is 0.122. The van der Waals surface area contributed by atoms with E-state index in [1.165, 1.54) is 28.4 Å². The fourth-order valence-corrected chi connectivity index (χ4v) is 4.43. The Hall–Kier alpha value is -0.450. The van der Waals surface area contributed by atoms with Crippen LogP contribution >= 0.6 is 11.3 Å². The van der Waals surface area contributed by atoms with E-state index >= 15 is 0 Å². The van der Waals surface area contributed by atoms with Gasteiger partial charge >= 0.3 is 0 Å². The van der Waals surface area contributed by atoms with Crippen LogP contribution in [0.2, 0.25) is 0 Å². The molecule has 0 amide bonds. The Morgan fingerprint density at radius 2 is 2.00 bits per heavy atom. The van der Waals surface area contributed by atoms with Crippen LogP contribution in [0.4, 0.5) is 0 Å². The second-order valence-electron chi connectivity index (χ2n) is 7.01. The molecule has 0 spiro atoms. The zero-order chi connectivity index (χ0) is 15.0. The molecule has 0 radical (unpaired) electrons. The lowest BCUT2D eigenvalue weighted by molar-refractivity contribution is -0.00855. The third-order valence-electron chi connectivity index (χ3n) is 4.01. The lowest BCUT2D eigenvalue weighted by Crippen LogP contribution is -2.48. The van der Waals surface area contributed by atoms with Crippen molar-refractivity contribution >= 4 is 11.3 Å². The van der Waals surface area contributed by atoms with Gasteiger partial charge in [-0.2, -0.15) is 0 Å². The molecule has 3 nitrogen and oxygen atoms in total. The van der Waals surface area contributed by atoms with Gasteiger partial charge in [-0.05, 0) is 53.9 Å². The zero-order valence-electron chi connectivity index (χ0n) is 13.7. The molecule has 0 aliphatic heterocycles. The summed E-state index contributed by atoms with van der Waals surface area (Å²) < 4.78 is 5.65. The highest BCUT2D eigenvalue weighted by Crippen LogP contribution is 2.38. The quantitative estimate of drug-likeness (QED) is 0.870. The van der Waals surface area contributed by atoms with Crippen LogP contribution in [0.3, 0.4) is 0 Å². The third kappa shape index (κ3) is 3.41. The molecule has 20 heavy (non-hydrogen) atoms. The van der Waals surface area contributed by atoms with E-state index in [-0.39, 0.29) is 11.1 Å². The zero-order valence-corrected chi connectivity index (χ0v) is 14.5. The summed E-state index contributed by atoms with van der Waals surface area (Å²) in [5, 5.41) is 4.94. The molecule has 1 aliphatic carbocycles. The number of nitrogens with zero attached hydrogens (tertiary/aromatic N) is 1. The van der Waals surface area contributed by atoms with Crippen molar-refractivity contribution in [2.45, 2.75) is 77.5 Å². The van der Waals surface area contributed by atoms with E-state index in [9.17, 15) is 0 Å². The average molecular weight is 296 g/mol. The highest BCUT2D eigenvalue weighted by Gasteiger charge is 2.38. The van der Waals surface area contributed by atoms with Gasteiger partial charge in [0.1, 0.15) is 5.01 Å². The fourth-order valence-electron chi connectivity index (χ4n) is 3.18. The van der Waals surface area contributed by atoms with Gasteiger partial charge in [-0.1, -0.05) is 0 Å². The van der Waals surface area contributed by atoms with Crippen LogP contribution in [0.5, 0.6) is 0 Å². The van der Waals surface area contributed by atoms with Gasteiger partial charge in [0.2, 0.25) is 0 Å². The molecule has 1 aliphatic rings. The first-order valence-corrected chi connectivity index (χ1v) is 8.39. The number of thiazole rings is 1. The molecule has 1 N–H and O–H groups in total. The average Bonchev–Trinajstić information content (AvgIpc) is 2.86. The lowest BCUT2D eigenvalue weighted by Gasteiger charge is -2.37. The van der Waals surface area contributed by atoms with Crippen LogP contribution in [-0.4, -0.2) is 23.7 Å². The van der Waals surface area contributed by atoms with E-state index in [4.69, 9.17) is 9.72 Å². The maximum Gasteiger partial charge on any atom is 0.113 e. The van der Waals surface area contributed by atoms with E-state index in [1.807, 2.05) is 11.3 Å². The van der Waals surface area contributed by atoms with Gasteiger partial charge in [-0.3, -0.25) is 0 Å². The van der Waals surface area contributed by atoms with E-state index in [0.717, 1.165) is 12.8 Å². The Morgan fingerprint density at radius 3 is 2.55 bits per heavy atom. The predicted molar refractivity (Wildman–Crippen MR) is 85.5 cm³/mol. The summed E-state index contributed by atoms with van der Waals surface area (Å²) in [6.45, 7) is 10.9. The summed E-state index contributed by atoms with van der Waals surface area (Å²) >= 11 is 1.89. The standard InChI is InChI=1S/C16H28N2OS/c1-11(2)18-16(5,10-15(3,4)19-6)14-17-12-8-7-9-13(12)20-14/h11,18H,7-10H2,1-6H3. The minimum atomic E-state index is -0.160. The molecule has 1 aromatic heterocycles. The predicted octanol–water partition coefficient (Wildman–Crippen LogP) is 3.66. The number of methoxy groups -OCH3 is 1. The molecule has 4 heteroatoms. The molecule has 0 aromatic carbocycles. The second-order valence-corrected chi connectivity index (χ2v) is 8.10. The summed E-state index contributed by atoms with van der Waals surface area (Å²) in [5.74, 6) is 0. The van der Waals surface area contributed by atoms with Crippen LogP contribution in [-0.2, 0) is 23.1 Å². The van der Waals surface area contributed by atoms with Gasteiger partial charge in [0.05, 0.1) is 16.8 Å². The van der Waals surface area contributed by atoms with Gasteiger partial charge in [-0.15, -0.1) is 11.3 Å². The van der Waals surface area contributed by atoms with Gasteiger partial charge < -0.3 is 10.1 Å². The van der Waals surface area contributed by atoms with E-state index in [1.54, 1.807) is 7.11 Å². The molecule has 0 saturated heterocycles. The van der Waals surface area contributed by atoms with Crippen molar-refractivity contribution in [3.8, 4) is 0 Å². The highest BCUT2D eigenvalue weighted by molar-refractivity contribution is 7.12. The van der Waals surface area contributed by atoms with Gasteiger partial charge in [0, 0.05) is 24.4 Å². The number of rotatable bonds is 6. The first kappa shape index (κ1) is 15.9. The third-order valence-corrected chi connectivity index (χ3v) is 5.43. The summed E-state index contributed by atoms with van der Waals surface area (Å²) in [7, 11) is 1.79. The molecule has 1 unspecified atom stereocenters. The molecular weight excluding hydrogens is 268 g/mol. The first-order valence-electron chi connectivity index (χ1n) is 7.58. The van der Waals surface area contributed by atoms with Crippen molar-refractivity contribution in [1.82, 2.24) is 10.3 Å².